The van der Waals surface area contributed by atoms with Gasteiger partial charge in [0.25, 0.3) is 0 Å². The number of rotatable bonds is 6. The summed E-state index contributed by atoms with van der Waals surface area (Å²) >= 11 is 1.90. The molecule has 24 aromatic carbocycles. The van der Waals surface area contributed by atoms with Crippen molar-refractivity contribution in [1.82, 2.24) is 22.8 Å². The second-order valence-corrected chi connectivity index (χ2v) is 37.0. The van der Waals surface area contributed by atoms with Crippen LogP contribution < -0.4 is 0 Å². The van der Waals surface area contributed by atoms with Crippen molar-refractivity contribution in [2.24, 2.45) is 0 Å². The highest BCUT2D eigenvalue weighted by molar-refractivity contribution is 7.26. The number of nitrogens with zero attached hydrogens (tertiary/aromatic N) is 5. The zero-order chi connectivity index (χ0) is 87.5. The van der Waals surface area contributed by atoms with Crippen LogP contribution in [0.5, 0.6) is 0 Å². The van der Waals surface area contributed by atoms with Crippen LogP contribution in [-0.4, -0.2) is 22.8 Å². The predicted molar refractivity (Wildman–Crippen MR) is 574 cm³/mol. The summed E-state index contributed by atoms with van der Waals surface area (Å²) in [4.78, 5) is 0. The first-order valence-electron chi connectivity index (χ1n) is 46.3. The van der Waals surface area contributed by atoms with E-state index in [1.807, 2.05) is 11.3 Å². The summed E-state index contributed by atoms with van der Waals surface area (Å²) in [6.45, 7) is 0. The van der Waals surface area contributed by atoms with Crippen molar-refractivity contribution in [3.05, 3.63) is 467 Å². The zero-order valence-electron chi connectivity index (χ0n) is 72.6. The number of fused-ring (bicyclic) bond motifs is 34. The van der Waals surface area contributed by atoms with Crippen LogP contribution in [0, 0.1) is 0 Å². The Bertz CT molecular complexity index is 10100. The molecule has 0 N–H and O–H groups in total. The van der Waals surface area contributed by atoms with Crippen LogP contribution in [0.2, 0.25) is 0 Å². The first-order valence-corrected chi connectivity index (χ1v) is 47.1. The number of aromatic nitrogens is 5. The molecule has 0 amide bonds. The molecule has 6 aromatic heterocycles. The molecule has 1 aliphatic rings. The molecule has 620 valence electrons. The molecule has 6 heteroatoms. The Morgan fingerprint density at radius 2 is 0.470 bits per heavy atom. The van der Waals surface area contributed by atoms with Crippen molar-refractivity contribution < 1.29 is 0 Å². The normalized spacial score (nSPS) is 12.2. The SMILES string of the molecule is c1ccc(-n2c3ccc4ccccc4c3c3c4ccccc4c(-c4cccc5c4sc4ccccc45)cc32)cc1.c1ccc2c(c1)-c1cccc3c(-n4c5ccccc5c5cc(-n6c7ccc8ccccc8c7c7c8ccccc8ccc76)ccc54)ccc-2c13.c1ccc2cc(-n3c4ccccc4c4cc(-n5c6ccc7ccccc7c6c6c7ccccc7ccc65)ccc43)ccc2c1. The van der Waals surface area contributed by atoms with E-state index in [1.54, 1.807) is 0 Å². The topological polar surface area (TPSA) is 24.6 Å². The molecule has 0 aliphatic heterocycles. The molecule has 134 heavy (non-hydrogen) atoms. The minimum Gasteiger partial charge on any atom is -0.309 e. The van der Waals surface area contributed by atoms with Gasteiger partial charge in [0.1, 0.15) is 0 Å². The quantitative estimate of drug-likeness (QED) is 0.159. The zero-order valence-corrected chi connectivity index (χ0v) is 73.4. The minimum atomic E-state index is 1.17. The molecular weight excluding hydrogens is 1640 g/mol. The van der Waals surface area contributed by atoms with Crippen LogP contribution in [0.15, 0.2) is 467 Å². The highest BCUT2D eigenvalue weighted by Gasteiger charge is 2.28. The van der Waals surface area contributed by atoms with Gasteiger partial charge < -0.3 is 22.8 Å². The van der Waals surface area contributed by atoms with Gasteiger partial charge >= 0.3 is 0 Å². The van der Waals surface area contributed by atoms with E-state index in [9.17, 15) is 0 Å². The van der Waals surface area contributed by atoms with Crippen molar-refractivity contribution in [2.75, 3.05) is 0 Å². The molecule has 0 saturated carbocycles. The molecule has 0 unspecified atom stereocenters. The summed E-state index contributed by atoms with van der Waals surface area (Å²) in [5, 5.41) is 36.1. The number of hydrogen-bond acceptors (Lipinski definition) is 1. The van der Waals surface area contributed by atoms with E-state index in [4.69, 9.17) is 0 Å². The highest BCUT2D eigenvalue weighted by atomic mass is 32.1. The first kappa shape index (κ1) is 74.5. The van der Waals surface area contributed by atoms with Crippen LogP contribution in [0.25, 0.3) is 277 Å². The maximum atomic E-state index is 2.48. The lowest BCUT2D eigenvalue weighted by Crippen LogP contribution is -1.97. The lowest BCUT2D eigenvalue weighted by atomic mass is 9.93. The fourth-order valence-electron chi connectivity index (χ4n) is 23.4. The number of hydrogen-bond donors (Lipinski definition) is 0. The Labute approximate surface area is 772 Å². The average Bonchev–Trinajstić information content (AvgIpc) is 1.56. The molecule has 0 bridgehead atoms. The molecule has 0 saturated heterocycles. The van der Waals surface area contributed by atoms with Crippen LogP contribution >= 0.6 is 11.3 Å². The molecule has 31 rings (SSSR count). The van der Waals surface area contributed by atoms with E-state index in [0.29, 0.717) is 0 Å². The van der Waals surface area contributed by atoms with Crippen LogP contribution in [0.4, 0.5) is 0 Å². The Morgan fingerprint density at radius 3 is 1.00 bits per heavy atom. The number of para-hydroxylation sites is 3. The van der Waals surface area contributed by atoms with Crippen molar-refractivity contribution in [1.29, 1.82) is 0 Å². The molecule has 0 fully saturated rings. The van der Waals surface area contributed by atoms with Gasteiger partial charge in [-0.1, -0.05) is 346 Å². The third kappa shape index (κ3) is 10.9. The van der Waals surface area contributed by atoms with Gasteiger partial charge in [0.15, 0.2) is 0 Å². The lowest BCUT2D eigenvalue weighted by molar-refractivity contribution is 1.17. The molecule has 30 aromatic rings. The number of benzene rings is 24. The van der Waals surface area contributed by atoms with Gasteiger partial charge in [0.2, 0.25) is 0 Å². The summed E-state index contributed by atoms with van der Waals surface area (Å²) in [6, 6.07) is 172. The van der Waals surface area contributed by atoms with E-state index >= 15 is 0 Å². The van der Waals surface area contributed by atoms with Gasteiger partial charge in [-0.2, -0.15) is 0 Å². The Balaban J connectivity index is 0.0000000986. The highest BCUT2D eigenvalue weighted by Crippen LogP contribution is 2.53. The van der Waals surface area contributed by atoms with Gasteiger partial charge in [0.05, 0.1) is 60.9 Å². The smallest absolute Gasteiger partial charge is 0.0553 e. The molecule has 1 aliphatic carbocycles. The van der Waals surface area contributed by atoms with Crippen molar-refractivity contribution in [3.63, 3.8) is 0 Å². The third-order valence-corrected chi connectivity index (χ3v) is 30.3. The van der Waals surface area contributed by atoms with Gasteiger partial charge in [-0.3, -0.25) is 0 Å². The molecular formula is C128H77N5S. The Kier molecular flexibility index (Phi) is 16.1. The Hall–Kier alpha value is -17.4. The molecule has 0 radical (unpaired) electrons. The predicted octanol–water partition coefficient (Wildman–Crippen LogP) is 35.5. The standard InChI is InChI=1S/C48H28N2.C42H26N2.C38H23NS/c1-3-12-32-29(10-1)20-24-44-47(32)48-33-13-4-2-11-30(33)21-25-45(48)49(44)31-22-26-43-40(28-31)36-16-7-8-19-41(36)50(43)42-27-23-38-35-15-6-5-14-34(35)37-17-9-18-39(42)46(37)38;1-2-12-30-25-31(20-17-27(30)9-1)43-37-16-8-7-15-35(37)36-26-32(21-24-38(36)43)44-39-22-18-28-10-3-5-13-33(28)41(39)42-34-14-6-4-11-29(34)19-23-40(42)44;1-2-12-25(13-3-1)39-33-22-21-24-11-4-5-14-26(24)36(33)37-29-17-7-6-15-27(29)32(23-34(37)39)31-19-10-18-30-28-16-8-9-20-35(28)40-38(30)31/h1-28H;1-26H;1-23H. The van der Waals surface area contributed by atoms with Crippen LogP contribution in [0.1, 0.15) is 0 Å². The van der Waals surface area contributed by atoms with E-state index in [2.05, 4.69) is 490 Å². The summed E-state index contributed by atoms with van der Waals surface area (Å²) in [6.07, 6.45) is 0. The summed E-state index contributed by atoms with van der Waals surface area (Å²) in [5.74, 6) is 0. The van der Waals surface area contributed by atoms with Crippen molar-refractivity contribution >= 4 is 227 Å². The van der Waals surface area contributed by atoms with Gasteiger partial charge in [-0.05, 0) is 230 Å². The van der Waals surface area contributed by atoms with E-state index in [0.717, 1.165) is 0 Å². The van der Waals surface area contributed by atoms with Crippen LogP contribution in [-0.2, 0) is 0 Å². The molecule has 0 atom stereocenters. The second kappa shape index (κ2) is 29.0. The average molecular weight is 1720 g/mol. The third-order valence-electron chi connectivity index (χ3n) is 29.0. The number of thiophene rings is 1. The van der Waals surface area contributed by atoms with Crippen molar-refractivity contribution in [3.8, 4) is 61.8 Å². The maximum absolute atomic E-state index is 2.48. The van der Waals surface area contributed by atoms with E-state index in [1.165, 1.54) is 277 Å². The molecule has 0 spiro atoms. The largest absolute Gasteiger partial charge is 0.309 e. The minimum absolute atomic E-state index is 1.17. The second-order valence-electron chi connectivity index (χ2n) is 35.9. The fourth-order valence-corrected chi connectivity index (χ4v) is 24.6. The monoisotopic (exact) mass is 1720 g/mol. The fraction of sp³-hybridized carbons (Fsp3) is 0. The lowest BCUT2D eigenvalue weighted by Gasteiger charge is -2.14. The summed E-state index contributed by atoms with van der Waals surface area (Å²) < 4.78 is 15.0. The van der Waals surface area contributed by atoms with Gasteiger partial charge in [-0.25, -0.2) is 0 Å². The van der Waals surface area contributed by atoms with Gasteiger partial charge in [0, 0.05) is 108 Å². The van der Waals surface area contributed by atoms with E-state index < -0.39 is 0 Å². The first-order chi connectivity index (χ1) is 66.5. The van der Waals surface area contributed by atoms with Crippen molar-refractivity contribution in [2.45, 2.75) is 0 Å². The summed E-state index contributed by atoms with van der Waals surface area (Å²) in [5.41, 5.74) is 26.0. The van der Waals surface area contributed by atoms with E-state index in [-0.39, 0.29) is 0 Å². The summed E-state index contributed by atoms with van der Waals surface area (Å²) in [7, 11) is 0. The van der Waals surface area contributed by atoms with Crippen LogP contribution in [0.3, 0.4) is 0 Å². The molecule has 5 nitrogen and oxygen atoms in total. The van der Waals surface area contributed by atoms with Gasteiger partial charge in [-0.15, -0.1) is 11.3 Å². The molecule has 6 heterocycles. The Morgan fingerprint density at radius 1 is 0.134 bits per heavy atom. The maximum Gasteiger partial charge on any atom is 0.0553 e.